The first-order chi connectivity index (χ1) is 8.74. The minimum absolute atomic E-state index is 0.595. The second kappa shape index (κ2) is 4.80. The number of hydrogen-bond acceptors (Lipinski definition) is 3. The largest absolute Gasteiger partial charge is 0.377 e. The fourth-order valence-electron chi connectivity index (χ4n) is 1.71. The summed E-state index contributed by atoms with van der Waals surface area (Å²) in [6.07, 6.45) is 3.97. The third-order valence-electron chi connectivity index (χ3n) is 2.55. The van der Waals surface area contributed by atoms with E-state index < -0.39 is 0 Å². The maximum Gasteiger partial charge on any atom is 0.193 e. The van der Waals surface area contributed by atoms with Crippen LogP contribution in [-0.2, 0) is 6.54 Å². The highest BCUT2D eigenvalue weighted by molar-refractivity contribution is 7.15. The lowest BCUT2D eigenvalue weighted by molar-refractivity contribution is 1.08. The molecular formula is C12H9Cl2N3S. The van der Waals surface area contributed by atoms with Crippen molar-refractivity contribution in [2.45, 2.75) is 6.54 Å². The Morgan fingerprint density at radius 2 is 2.06 bits per heavy atom. The van der Waals surface area contributed by atoms with Gasteiger partial charge in [-0.05, 0) is 12.1 Å². The van der Waals surface area contributed by atoms with Gasteiger partial charge in [0.1, 0.15) is 0 Å². The van der Waals surface area contributed by atoms with Crippen LogP contribution in [0.2, 0.25) is 10.0 Å². The number of fused-ring (bicyclic) bond motifs is 1. The molecule has 6 heteroatoms. The van der Waals surface area contributed by atoms with Gasteiger partial charge < -0.3 is 5.32 Å². The maximum absolute atomic E-state index is 6.08. The summed E-state index contributed by atoms with van der Waals surface area (Å²) in [4.78, 5) is 5.46. The smallest absolute Gasteiger partial charge is 0.193 e. The van der Waals surface area contributed by atoms with Gasteiger partial charge >= 0.3 is 0 Å². The Balaban J connectivity index is 1.80. The number of hydrogen-bond donors (Lipinski definition) is 1. The summed E-state index contributed by atoms with van der Waals surface area (Å²) in [7, 11) is 0. The van der Waals surface area contributed by atoms with Gasteiger partial charge in [-0.3, -0.25) is 4.40 Å². The van der Waals surface area contributed by atoms with Gasteiger partial charge in [0.05, 0.1) is 28.0 Å². The summed E-state index contributed by atoms with van der Waals surface area (Å²) in [5, 5.41) is 6.45. The molecule has 0 unspecified atom stereocenters. The molecule has 3 aromatic rings. The van der Waals surface area contributed by atoms with Crippen LogP contribution >= 0.6 is 34.5 Å². The lowest BCUT2D eigenvalue weighted by Gasteiger charge is -2.08. The monoisotopic (exact) mass is 297 g/mol. The number of thiazole rings is 1. The van der Waals surface area contributed by atoms with Crippen molar-refractivity contribution in [3.05, 3.63) is 51.7 Å². The average Bonchev–Trinajstić information content (AvgIpc) is 2.88. The number of rotatable bonds is 3. The van der Waals surface area contributed by atoms with Gasteiger partial charge in [0.25, 0.3) is 0 Å². The van der Waals surface area contributed by atoms with Crippen molar-refractivity contribution in [1.29, 1.82) is 0 Å². The number of nitrogens with zero attached hydrogens (tertiary/aromatic N) is 2. The van der Waals surface area contributed by atoms with Crippen LogP contribution < -0.4 is 5.32 Å². The first kappa shape index (κ1) is 11.8. The Morgan fingerprint density at radius 1 is 1.28 bits per heavy atom. The van der Waals surface area contributed by atoms with Gasteiger partial charge in [0.2, 0.25) is 0 Å². The minimum atomic E-state index is 0.595. The van der Waals surface area contributed by atoms with Crippen LogP contribution in [0.1, 0.15) is 5.69 Å². The number of nitrogens with one attached hydrogen (secondary N) is 1. The topological polar surface area (TPSA) is 29.3 Å². The van der Waals surface area contributed by atoms with Crippen LogP contribution in [0.25, 0.3) is 4.96 Å². The maximum atomic E-state index is 6.08. The summed E-state index contributed by atoms with van der Waals surface area (Å²) in [5.74, 6) is 0. The quantitative estimate of drug-likeness (QED) is 0.780. The summed E-state index contributed by atoms with van der Waals surface area (Å²) in [6.45, 7) is 0.595. The minimum Gasteiger partial charge on any atom is -0.377 e. The number of imidazole rings is 1. The second-order valence-corrected chi connectivity index (χ2v) is 5.46. The van der Waals surface area contributed by atoms with Gasteiger partial charge in [0, 0.05) is 17.8 Å². The Hall–Kier alpha value is -1.23. The zero-order valence-electron chi connectivity index (χ0n) is 9.23. The summed E-state index contributed by atoms with van der Waals surface area (Å²) >= 11 is 13.8. The number of benzene rings is 1. The molecule has 1 N–H and O–H groups in total. The summed E-state index contributed by atoms with van der Waals surface area (Å²) in [5.41, 5.74) is 1.70. The molecule has 0 aliphatic carbocycles. The molecule has 0 saturated carbocycles. The second-order valence-electron chi connectivity index (χ2n) is 3.78. The molecule has 0 amide bonds. The van der Waals surface area contributed by atoms with Gasteiger partial charge in [-0.15, -0.1) is 11.3 Å². The third kappa shape index (κ3) is 2.19. The molecule has 0 fully saturated rings. The lowest BCUT2D eigenvalue weighted by Crippen LogP contribution is -2.00. The van der Waals surface area contributed by atoms with Crippen molar-refractivity contribution in [3.8, 4) is 0 Å². The number of anilines is 1. The fraction of sp³-hybridized carbons (Fsp3) is 0.0833. The molecule has 0 aliphatic rings. The van der Waals surface area contributed by atoms with Crippen LogP contribution in [-0.4, -0.2) is 9.38 Å². The van der Waals surface area contributed by atoms with Crippen molar-refractivity contribution < 1.29 is 0 Å². The Morgan fingerprint density at radius 3 is 2.78 bits per heavy atom. The fourth-order valence-corrected chi connectivity index (χ4v) is 2.96. The summed E-state index contributed by atoms with van der Waals surface area (Å²) < 4.78 is 2.00. The zero-order chi connectivity index (χ0) is 12.5. The Labute approximate surface area is 118 Å². The van der Waals surface area contributed by atoms with Crippen LogP contribution in [0.4, 0.5) is 5.69 Å². The van der Waals surface area contributed by atoms with E-state index in [0.717, 1.165) is 16.3 Å². The van der Waals surface area contributed by atoms with Crippen molar-refractivity contribution >= 4 is 45.2 Å². The van der Waals surface area contributed by atoms with E-state index in [4.69, 9.17) is 23.2 Å². The molecule has 2 aromatic heterocycles. The molecule has 18 heavy (non-hydrogen) atoms. The number of para-hydroxylation sites is 1. The molecular weight excluding hydrogens is 289 g/mol. The van der Waals surface area contributed by atoms with E-state index in [1.165, 1.54) is 0 Å². The number of aromatic nitrogens is 2. The zero-order valence-corrected chi connectivity index (χ0v) is 11.6. The van der Waals surface area contributed by atoms with E-state index in [1.54, 1.807) is 11.3 Å². The first-order valence-corrected chi connectivity index (χ1v) is 6.96. The normalized spacial score (nSPS) is 11.0. The molecule has 3 rings (SSSR count). The van der Waals surface area contributed by atoms with Crippen LogP contribution in [0.5, 0.6) is 0 Å². The van der Waals surface area contributed by atoms with E-state index in [-0.39, 0.29) is 0 Å². The molecule has 0 atom stereocenters. The standard InChI is InChI=1S/C12H9Cl2N3S/c13-9-2-1-3-10(14)11(9)15-6-8-7-17-4-5-18-12(17)16-8/h1-5,7,15H,6H2. The van der Waals surface area contributed by atoms with Crippen LogP contribution in [0, 0.1) is 0 Å². The van der Waals surface area contributed by atoms with E-state index in [0.29, 0.717) is 16.6 Å². The molecule has 0 saturated heterocycles. The van der Waals surface area contributed by atoms with Crippen molar-refractivity contribution in [2.75, 3.05) is 5.32 Å². The number of halogens is 2. The molecule has 1 aromatic carbocycles. The van der Waals surface area contributed by atoms with E-state index >= 15 is 0 Å². The van der Waals surface area contributed by atoms with Gasteiger partial charge in [-0.2, -0.15) is 0 Å². The molecule has 0 radical (unpaired) electrons. The lowest BCUT2D eigenvalue weighted by atomic mass is 10.3. The predicted molar refractivity (Wildman–Crippen MR) is 76.9 cm³/mol. The highest BCUT2D eigenvalue weighted by Crippen LogP contribution is 2.30. The summed E-state index contributed by atoms with van der Waals surface area (Å²) in [6, 6.07) is 5.44. The van der Waals surface area contributed by atoms with Gasteiger partial charge in [0.15, 0.2) is 4.96 Å². The van der Waals surface area contributed by atoms with Gasteiger partial charge in [-0.1, -0.05) is 29.3 Å². The molecule has 0 spiro atoms. The first-order valence-electron chi connectivity index (χ1n) is 5.33. The Kier molecular flexibility index (Phi) is 3.16. The molecule has 0 bridgehead atoms. The van der Waals surface area contributed by atoms with Gasteiger partial charge in [-0.25, -0.2) is 4.98 Å². The third-order valence-corrected chi connectivity index (χ3v) is 3.95. The van der Waals surface area contributed by atoms with Crippen LogP contribution in [0.15, 0.2) is 36.0 Å². The van der Waals surface area contributed by atoms with Crippen molar-refractivity contribution in [2.24, 2.45) is 0 Å². The highest BCUT2D eigenvalue weighted by Gasteiger charge is 2.06. The van der Waals surface area contributed by atoms with E-state index in [2.05, 4.69) is 10.3 Å². The Bertz CT molecular complexity index is 641. The average molecular weight is 298 g/mol. The van der Waals surface area contributed by atoms with E-state index in [1.807, 2.05) is 40.4 Å². The molecule has 0 aliphatic heterocycles. The van der Waals surface area contributed by atoms with E-state index in [9.17, 15) is 0 Å². The molecule has 3 nitrogen and oxygen atoms in total. The van der Waals surface area contributed by atoms with Crippen LogP contribution in [0.3, 0.4) is 0 Å². The SMILES string of the molecule is Clc1cccc(Cl)c1NCc1cn2ccsc2n1. The van der Waals surface area contributed by atoms with Crippen molar-refractivity contribution in [1.82, 2.24) is 9.38 Å². The molecule has 2 heterocycles. The molecule has 92 valence electrons. The van der Waals surface area contributed by atoms with Crippen molar-refractivity contribution in [3.63, 3.8) is 0 Å². The predicted octanol–water partition coefficient (Wildman–Crippen LogP) is 4.31. The highest BCUT2D eigenvalue weighted by atomic mass is 35.5.